The van der Waals surface area contributed by atoms with Crippen LogP contribution in [0.15, 0.2) is 48.1 Å². The van der Waals surface area contributed by atoms with Crippen molar-refractivity contribution >= 4 is 0 Å². The summed E-state index contributed by atoms with van der Waals surface area (Å²) in [5, 5.41) is 3.00. The highest BCUT2D eigenvalue weighted by Crippen LogP contribution is 2.44. The Labute approximate surface area is 160 Å². The van der Waals surface area contributed by atoms with Crippen LogP contribution in [0.3, 0.4) is 0 Å². The van der Waals surface area contributed by atoms with Gasteiger partial charge in [-0.25, -0.2) is 0 Å². The van der Waals surface area contributed by atoms with Gasteiger partial charge >= 0.3 is 18.6 Å². The smallest absolute Gasteiger partial charge is 0.406 e. The first-order valence-corrected chi connectivity index (χ1v) is 8.45. The van der Waals surface area contributed by atoms with Gasteiger partial charge in [0, 0.05) is 12.6 Å². The molecule has 1 saturated heterocycles. The van der Waals surface area contributed by atoms with Crippen LogP contribution in [0, 0.1) is 0 Å². The second-order valence-corrected chi connectivity index (χ2v) is 6.52. The van der Waals surface area contributed by atoms with Crippen molar-refractivity contribution in [3.8, 4) is 5.75 Å². The van der Waals surface area contributed by atoms with Crippen molar-refractivity contribution in [2.45, 2.75) is 50.3 Å². The van der Waals surface area contributed by atoms with E-state index in [1.165, 1.54) is 30.4 Å². The molecule has 0 bridgehead atoms. The quantitative estimate of drug-likeness (QED) is 0.702. The Morgan fingerprint density at radius 2 is 1.76 bits per heavy atom. The lowest BCUT2D eigenvalue weighted by atomic mass is 9.96. The van der Waals surface area contributed by atoms with E-state index in [0.717, 1.165) is 6.07 Å². The third kappa shape index (κ3) is 5.09. The van der Waals surface area contributed by atoms with Gasteiger partial charge in [0.05, 0.1) is 0 Å². The van der Waals surface area contributed by atoms with Gasteiger partial charge in [0.15, 0.2) is 0 Å². The minimum atomic E-state index is -4.81. The minimum Gasteiger partial charge on any atom is -0.406 e. The number of benzene rings is 1. The maximum Gasteiger partial charge on any atom is 0.573 e. The van der Waals surface area contributed by atoms with Crippen molar-refractivity contribution < 1.29 is 44.9 Å². The lowest BCUT2D eigenvalue weighted by molar-refractivity contribution is -0.478. The van der Waals surface area contributed by atoms with Gasteiger partial charge in [-0.3, -0.25) is 0 Å². The summed E-state index contributed by atoms with van der Waals surface area (Å²) in [5.74, 6) is -0.375. The highest BCUT2D eigenvalue weighted by molar-refractivity contribution is 5.33. The van der Waals surface area contributed by atoms with E-state index < -0.39 is 36.8 Å². The standard InChI is InChI=1S/C18H16F7NO3/c1-10(26-9-11-3-2-4-13(7-11)27-18(23,24)25)12-5-6-14-15(8-12)29-17(21,22)16(19,20)28-14/h2-8,10,14-15,26H,9H2,1H3. The lowest BCUT2D eigenvalue weighted by Gasteiger charge is -2.40. The van der Waals surface area contributed by atoms with E-state index in [4.69, 9.17) is 0 Å². The van der Waals surface area contributed by atoms with Crippen molar-refractivity contribution in [1.29, 1.82) is 0 Å². The normalized spacial score (nSPS) is 26.4. The summed E-state index contributed by atoms with van der Waals surface area (Å²) in [5.41, 5.74) is 0.957. The molecule has 160 valence electrons. The first kappa shape index (κ1) is 21.6. The fourth-order valence-electron chi connectivity index (χ4n) is 2.87. The number of rotatable bonds is 5. The van der Waals surface area contributed by atoms with Gasteiger partial charge in [0.1, 0.15) is 18.0 Å². The second kappa shape index (κ2) is 7.62. The monoisotopic (exact) mass is 427 g/mol. The summed E-state index contributed by atoms with van der Waals surface area (Å²) in [6.45, 7) is 1.81. The largest absolute Gasteiger partial charge is 0.573 e. The van der Waals surface area contributed by atoms with Crippen molar-refractivity contribution in [2.75, 3.05) is 0 Å². The summed E-state index contributed by atoms with van der Waals surface area (Å²) in [6.07, 6.45) is -13.2. The maximum absolute atomic E-state index is 13.3. The van der Waals surface area contributed by atoms with Crippen LogP contribution in [-0.4, -0.2) is 36.8 Å². The summed E-state index contributed by atoms with van der Waals surface area (Å²) in [4.78, 5) is 0. The molecule has 1 N–H and O–H groups in total. The lowest BCUT2D eigenvalue weighted by Crippen LogP contribution is -2.57. The van der Waals surface area contributed by atoms with Gasteiger partial charge in [-0.2, -0.15) is 17.6 Å². The minimum absolute atomic E-state index is 0.140. The van der Waals surface area contributed by atoms with E-state index in [1.807, 2.05) is 0 Å². The Bertz CT molecular complexity index is 807. The number of nitrogens with one attached hydrogen (secondary N) is 1. The fourth-order valence-corrected chi connectivity index (χ4v) is 2.87. The molecule has 1 aliphatic heterocycles. The molecular weight excluding hydrogens is 411 g/mol. The Balaban J connectivity index is 1.62. The molecule has 2 aliphatic rings. The van der Waals surface area contributed by atoms with Crippen LogP contribution < -0.4 is 10.1 Å². The van der Waals surface area contributed by atoms with E-state index in [0.29, 0.717) is 11.1 Å². The fraction of sp³-hybridized carbons (Fsp3) is 0.444. The van der Waals surface area contributed by atoms with Gasteiger partial charge in [-0.15, -0.1) is 13.2 Å². The molecule has 1 aliphatic carbocycles. The van der Waals surface area contributed by atoms with Gasteiger partial charge < -0.3 is 19.5 Å². The Morgan fingerprint density at radius 1 is 1.10 bits per heavy atom. The molecule has 29 heavy (non-hydrogen) atoms. The molecule has 1 fully saturated rings. The molecule has 0 spiro atoms. The molecule has 3 rings (SSSR count). The Morgan fingerprint density at radius 3 is 2.41 bits per heavy atom. The van der Waals surface area contributed by atoms with E-state index in [2.05, 4.69) is 19.5 Å². The van der Waals surface area contributed by atoms with E-state index in [-0.39, 0.29) is 12.3 Å². The number of ether oxygens (including phenoxy) is 3. The van der Waals surface area contributed by atoms with Gasteiger partial charge in [-0.1, -0.05) is 24.3 Å². The molecular formula is C18H16F7NO3. The van der Waals surface area contributed by atoms with Crippen molar-refractivity contribution in [3.63, 3.8) is 0 Å². The third-order valence-electron chi connectivity index (χ3n) is 4.31. The van der Waals surface area contributed by atoms with Gasteiger partial charge in [0.2, 0.25) is 0 Å². The average Bonchev–Trinajstić information content (AvgIpc) is 2.58. The summed E-state index contributed by atoms with van der Waals surface area (Å²) >= 11 is 0. The van der Waals surface area contributed by atoms with Crippen molar-refractivity contribution in [1.82, 2.24) is 5.32 Å². The predicted octanol–water partition coefficient (Wildman–Crippen LogP) is 4.53. The highest BCUT2D eigenvalue weighted by atomic mass is 19.4. The highest BCUT2D eigenvalue weighted by Gasteiger charge is 2.65. The zero-order valence-electron chi connectivity index (χ0n) is 14.9. The van der Waals surface area contributed by atoms with Crippen LogP contribution in [0.1, 0.15) is 12.5 Å². The van der Waals surface area contributed by atoms with E-state index in [1.54, 1.807) is 13.0 Å². The van der Waals surface area contributed by atoms with Crippen LogP contribution in [0.25, 0.3) is 0 Å². The van der Waals surface area contributed by atoms with Crippen LogP contribution in [0.5, 0.6) is 5.75 Å². The average molecular weight is 427 g/mol. The zero-order chi connectivity index (χ0) is 21.4. The van der Waals surface area contributed by atoms with Gasteiger partial charge in [-0.05, 0) is 36.3 Å². The van der Waals surface area contributed by atoms with Crippen LogP contribution in [0.4, 0.5) is 30.7 Å². The number of halogens is 7. The zero-order valence-corrected chi connectivity index (χ0v) is 14.9. The molecule has 0 radical (unpaired) electrons. The first-order chi connectivity index (χ1) is 13.4. The SMILES string of the molecule is CC(NCc1cccc(OC(F)(F)F)c1)C1=CC2OC(F)(F)C(F)(F)OC2C=C1. The van der Waals surface area contributed by atoms with Crippen LogP contribution in [-0.2, 0) is 16.0 Å². The molecule has 3 atom stereocenters. The number of fused-ring (bicyclic) bond motifs is 1. The summed E-state index contributed by atoms with van der Waals surface area (Å²) in [6, 6.07) is 4.88. The number of alkyl halides is 7. The van der Waals surface area contributed by atoms with E-state index in [9.17, 15) is 30.7 Å². The molecule has 11 heteroatoms. The summed E-state index contributed by atoms with van der Waals surface area (Å²) < 4.78 is 102. The van der Waals surface area contributed by atoms with Crippen molar-refractivity contribution in [3.05, 3.63) is 53.6 Å². The predicted molar refractivity (Wildman–Crippen MR) is 86.3 cm³/mol. The van der Waals surface area contributed by atoms with Crippen LogP contribution >= 0.6 is 0 Å². The molecule has 1 aromatic rings. The molecule has 1 aromatic carbocycles. The number of hydrogen-bond acceptors (Lipinski definition) is 4. The Kier molecular flexibility index (Phi) is 5.67. The van der Waals surface area contributed by atoms with E-state index >= 15 is 0 Å². The van der Waals surface area contributed by atoms with Gasteiger partial charge in [0.25, 0.3) is 0 Å². The molecule has 1 heterocycles. The summed E-state index contributed by atoms with van der Waals surface area (Å²) in [7, 11) is 0. The Hall–Kier alpha value is -2.11. The molecule has 0 amide bonds. The molecule has 4 nitrogen and oxygen atoms in total. The topological polar surface area (TPSA) is 39.7 Å². The molecule has 0 saturated carbocycles. The molecule has 0 aromatic heterocycles. The third-order valence-corrected chi connectivity index (χ3v) is 4.31. The maximum atomic E-state index is 13.3. The van der Waals surface area contributed by atoms with Crippen LogP contribution in [0.2, 0.25) is 0 Å². The number of hydrogen-bond donors (Lipinski definition) is 1. The molecule has 3 unspecified atom stereocenters. The van der Waals surface area contributed by atoms with Crippen molar-refractivity contribution in [2.24, 2.45) is 0 Å². The second-order valence-electron chi connectivity index (χ2n) is 6.52. The first-order valence-electron chi connectivity index (χ1n) is 8.45.